The summed E-state index contributed by atoms with van der Waals surface area (Å²) in [5.74, 6) is 1.29. The van der Waals surface area contributed by atoms with Gasteiger partial charge >= 0.3 is 0 Å². The zero-order valence-electron chi connectivity index (χ0n) is 13.6. The monoisotopic (exact) mass is 341 g/mol. The molecule has 1 aliphatic rings. The number of piperidine rings is 1. The molecule has 0 radical (unpaired) electrons. The first-order chi connectivity index (χ1) is 10.2. The molecule has 0 aliphatic carbocycles. The van der Waals surface area contributed by atoms with Gasteiger partial charge in [-0.15, -0.1) is 0 Å². The smallest absolute Gasteiger partial charge is 0.232 e. The third-order valence-corrected chi connectivity index (χ3v) is 3.89. The predicted molar refractivity (Wildman–Crippen MR) is 96.8 cm³/mol. The van der Waals surface area contributed by atoms with E-state index >= 15 is 0 Å². The minimum atomic E-state index is -0.118. The van der Waals surface area contributed by atoms with Crippen LogP contribution in [0.3, 0.4) is 0 Å². The predicted octanol–water partition coefficient (Wildman–Crippen LogP) is 3.59. The minimum Gasteiger partial charge on any atom is -0.358 e. The summed E-state index contributed by atoms with van der Waals surface area (Å²) in [6.45, 7) is 9.34. The summed E-state index contributed by atoms with van der Waals surface area (Å²) in [5, 5.41) is 7.11. The van der Waals surface area contributed by atoms with Crippen LogP contribution in [0.2, 0.25) is 5.15 Å². The van der Waals surface area contributed by atoms with Crippen LogP contribution in [0.1, 0.15) is 47.0 Å². The summed E-state index contributed by atoms with van der Waals surface area (Å²) in [6.07, 6.45) is 3.62. The van der Waals surface area contributed by atoms with Crippen molar-refractivity contribution in [2.75, 3.05) is 16.8 Å². The normalized spacial score (nSPS) is 19.0. The summed E-state index contributed by atoms with van der Waals surface area (Å²) >= 11 is 11.4. The van der Waals surface area contributed by atoms with Crippen LogP contribution in [0.15, 0.2) is 6.07 Å². The van der Waals surface area contributed by atoms with Gasteiger partial charge in [-0.05, 0) is 59.2 Å². The second-order valence-corrected chi connectivity index (χ2v) is 7.54. The molecule has 5 nitrogen and oxygen atoms in total. The van der Waals surface area contributed by atoms with E-state index in [9.17, 15) is 0 Å². The Morgan fingerprint density at radius 3 is 2.73 bits per heavy atom. The highest BCUT2D eigenvalue weighted by molar-refractivity contribution is 7.80. The molecule has 0 saturated carbocycles. The molecule has 2 heterocycles. The van der Waals surface area contributed by atoms with Gasteiger partial charge in [0.25, 0.3) is 0 Å². The summed E-state index contributed by atoms with van der Waals surface area (Å²) in [6, 6.07) is 2.28. The number of nitrogens with one attached hydrogen (secondary N) is 2. The molecule has 1 aromatic heterocycles. The summed E-state index contributed by atoms with van der Waals surface area (Å²) in [7, 11) is 0. The van der Waals surface area contributed by atoms with Gasteiger partial charge in [-0.25, -0.2) is 4.98 Å². The third-order valence-electron chi connectivity index (χ3n) is 3.49. The molecule has 0 aromatic carbocycles. The molecule has 0 spiro atoms. The van der Waals surface area contributed by atoms with E-state index in [0.717, 1.165) is 12.4 Å². The highest BCUT2D eigenvalue weighted by atomic mass is 35.5. The largest absolute Gasteiger partial charge is 0.358 e. The molecule has 1 fully saturated rings. The lowest BCUT2D eigenvalue weighted by atomic mass is 10.0. The van der Waals surface area contributed by atoms with Gasteiger partial charge in [0.1, 0.15) is 11.0 Å². The molecular formula is C15H24ClN5S. The van der Waals surface area contributed by atoms with Gasteiger partial charge < -0.3 is 15.5 Å². The Labute approximate surface area is 142 Å². The zero-order valence-corrected chi connectivity index (χ0v) is 15.2. The Bertz CT molecular complexity index is 543. The highest BCUT2D eigenvalue weighted by Crippen LogP contribution is 2.25. The van der Waals surface area contributed by atoms with Gasteiger partial charge in [0.2, 0.25) is 5.95 Å². The van der Waals surface area contributed by atoms with Gasteiger partial charge in [-0.3, -0.25) is 0 Å². The Morgan fingerprint density at radius 1 is 1.36 bits per heavy atom. The van der Waals surface area contributed by atoms with Gasteiger partial charge in [0.15, 0.2) is 5.11 Å². The molecule has 0 unspecified atom stereocenters. The van der Waals surface area contributed by atoms with Crippen LogP contribution < -0.4 is 15.5 Å². The maximum absolute atomic E-state index is 6.15. The van der Waals surface area contributed by atoms with E-state index < -0.39 is 0 Å². The SMILES string of the molecule is C[C@@H]1CCCCN1c1cc(Cl)nc(NC(=S)NC(C)(C)C)n1. The molecule has 1 saturated heterocycles. The minimum absolute atomic E-state index is 0.118. The molecule has 2 N–H and O–H groups in total. The molecule has 2 rings (SSSR count). The molecule has 1 aliphatic heterocycles. The second kappa shape index (κ2) is 6.96. The van der Waals surface area contributed by atoms with Crippen molar-refractivity contribution < 1.29 is 0 Å². The van der Waals surface area contributed by atoms with E-state index in [2.05, 4.69) is 32.4 Å². The average molecular weight is 342 g/mol. The van der Waals surface area contributed by atoms with Gasteiger partial charge in [-0.2, -0.15) is 4.98 Å². The fraction of sp³-hybridized carbons (Fsp3) is 0.667. The van der Waals surface area contributed by atoms with E-state index in [1.807, 2.05) is 26.8 Å². The maximum Gasteiger partial charge on any atom is 0.232 e. The maximum atomic E-state index is 6.15. The first-order valence-corrected chi connectivity index (χ1v) is 8.43. The van der Waals surface area contributed by atoms with Crippen molar-refractivity contribution in [2.24, 2.45) is 0 Å². The fourth-order valence-electron chi connectivity index (χ4n) is 2.52. The van der Waals surface area contributed by atoms with Crippen molar-refractivity contribution >= 4 is 40.7 Å². The Kier molecular flexibility index (Phi) is 5.45. The number of halogens is 1. The van der Waals surface area contributed by atoms with Crippen LogP contribution in [0, 0.1) is 0 Å². The molecule has 7 heteroatoms. The van der Waals surface area contributed by atoms with Crippen molar-refractivity contribution in [3.05, 3.63) is 11.2 Å². The molecule has 1 atom stereocenters. The molecule has 0 bridgehead atoms. The van der Waals surface area contributed by atoms with Crippen molar-refractivity contribution in [3.8, 4) is 0 Å². The van der Waals surface area contributed by atoms with Gasteiger partial charge in [-0.1, -0.05) is 11.6 Å². The Hall–Kier alpha value is -1.14. The lowest BCUT2D eigenvalue weighted by Crippen LogP contribution is -2.43. The fourth-order valence-corrected chi connectivity index (χ4v) is 3.10. The molecule has 1 aromatic rings. The number of hydrogen-bond acceptors (Lipinski definition) is 4. The Morgan fingerprint density at radius 2 is 2.09 bits per heavy atom. The third kappa shape index (κ3) is 4.95. The van der Waals surface area contributed by atoms with E-state index in [1.165, 1.54) is 19.3 Å². The topological polar surface area (TPSA) is 53.1 Å². The van der Waals surface area contributed by atoms with Crippen LogP contribution in [-0.2, 0) is 0 Å². The van der Waals surface area contributed by atoms with Crippen LogP contribution in [-0.4, -0.2) is 33.2 Å². The van der Waals surface area contributed by atoms with E-state index in [0.29, 0.717) is 22.3 Å². The van der Waals surface area contributed by atoms with Crippen LogP contribution in [0.5, 0.6) is 0 Å². The molecule has 122 valence electrons. The Balaban J connectivity index is 2.14. The number of rotatable bonds is 2. The van der Waals surface area contributed by atoms with Crippen LogP contribution >= 0.6 is 23.8 Å². The summed E-state index contributed by atoms with van der Waals surface area (Å²) < 4.78 is 0. The highest BCUT2D eigenvalue weighted by Gasteiger charge is 2.21. The van der Waals surface area contributed by atoms with E-state index in [4.69, 9.17) is 23.8 Å². The average Bonchev–Trinajstić information content (AvgIpc) is 2.35. The lowest BCUT2D eigenvalue weighted by molar-refractivity contribution is 0.481. The number of thiocarbonyl (C=S) groups is 1. The first-order valence-electron chi connectivity index (χ1n) is 7.65. The van der Waals surface area contributed by atoms with Crippen molar-refractivity contribution in [1.29, 1.82) is 0 Å². The number of anilines is 2. The second-order valence-electron chi connectivity index (χ2n) is 6.74. The van der Waals surface area contributed by atoms with Crippen LogP contribution in [0.4, 0.5) is 11.8 Å². The van der Waals surface area contributed by atoms with Gasteiger partial charge in [0.05, 0.1) is 0 Å². The number of nitrogens with zero attached hydrogens (tertiary/aromatic N) is 3. The van der Waals surface area contributed by atoms with E-state index in [1.54, 1.807) is 0 Å². The van der Waals surface area contributed by atoms with Crippen LogP contribution in [0.25, 0.3) is 0 Å². The lowest BCUT2D eigenvalue weighted by Gasteiger charge is -2.34. The molecule has 0 amide bonds. The van der Waals surface area contributed by atoms with Crippen molar-refractivity contribution in [1.82, 2.24) is 15.3 Å². The first kappa shape index (κ1) is 17.2. The van der Waals surface area contributed by atoms with Gasteiger partial charge in [0, 0.05) is 24.2 Å². The zero-order chi connectivity index (χ0) is 16.3. The van der Waals surface area contributed by atoms with E-state index in [-0.39, 0.29) is 5.54 Å². The summed E-state index contributed by atoms with van der Waals surface area (Å²) in [4.78, 5) is 11.1. The molecular weight excluding hydrogens is 318 g/mol. The summed E-state index contributed by atoms with van der Waals surface area (Å²) in [5.41, 5.74) is -0.118. The van der Waals surface area contributed by atoms with Crippen molar-refractivity contribution in [3.63, 3.8) is 0 Å². The molecule has 22 heavy (non-hydrogen) atoms. The number of hydrogen-bond donors (Lipinski definition) is 2. The number of aromatic nitrogens is 2. The quantitative estimate of drug-likeness (QED) is 0.633. The standard InChI is InChI=1S/C15H24ClN5S/c1-10-7-5-6-8-21(10)12-9-11(16)17-13(18-12)19-14(22)20-15(2,3)4/h9-10H,5-8H2,1-4H3,(H2,17,18,19,20,22)/t10-/m1/s1. The van der Waals surface area contributed by atoms with Crippen molar-refractivity contribution in [2.45, 2.75) is 58.5 Å².